The van der Waals surface area contributed by atoms with Crippen LogP contribution in [0.1, 0.15) is 32.3 Å². The van der Waals surface area contributed by atoms with Crippen LogP contribution in [0.3, 0.4) is 0 Å². The maximum Gasteiger partial charge on any atom is 1.00 e. The average Bonchev–Trinajstić information content (AvgIpc) is 2.30. The maximum atomic E-state index is 10.7. The number of nitrogens with one attached hydrogen (secondary N) is 1. The summed E-state index contributed by atoms with van der Waals surface area (Å²) >= 11 is 0. The van der Waals surface area contributed by atoms with Gasteiger partial charge in [0.2, 0.25) is 0 Å². The predicted molar refractivity (Wildman–Crippen MR) is 77.3 cm³/mol. The van der Waals surface area contributed by atoms with E-state index in [1.165, 1.54) is 0 Å². The molecule has 0 spiro atoms. The first-order valence-electron chi connectivity index (χ1n) is 6.46. The first-order valence-corrected chi connectivity index (χ1v) is 7.87. The molecule has 0 amide bonds. The monoisotopic (exact) mass is 308 g/mol. The van der Waals surface area contributed by atoms with Gasteiger partial charge in [0, 0.05) is 18.8 Å². The first-order chi connectivity index (χ1) is 8.87. The number of benzene rings is 1. The first kappa shape index (κ1) is 19.7. The fourth-order valence-electron chi connectivity index (χ4n) is 2.00. The predicted octanol–water partition coefficient (Wildman–Crippen LogP) is -0.502. The van der Waals surface area contributed by atoms with Crippen molar-refractivity contribution in [3.05, 3.63) is 23.8 Å². The molecule has 20 heavy (non-hydrogen) atoms. The summed E-state index contributed by atoms with van der Waals surface area (Å²) in [6.07, 6.45) is 2.10. The Balaban J connectivity index is 0.00000361. The molecule has 0 bridgehead atoms. The molecule has 0 aliphatic rings. The Morgan fingerprint density at radius 2 is 1.75 bits per heavy atom. The van der Waals surface area contributed by atoms with Gasteiger partial charge in [-0.3, -0.25) is 4.72 Å². The molecule has 0 aliphatic carbocycles. The van der Waals surface area contributed by atoms with Gasteiger partial charge in [0.15, 0.2) is 10.3 Å². The minimum atomic E-state index is -4.47. The van der Waals surface area contributed by atoms with Crippen LogP contribution in [-0.4, -0.2) is 26.1 Å². The van der Waals surface area contributed by atoms with Crippen molar-refractivity contribution in [2.24, 2.45) is 0 Å². The van der Waals surface area contributed by atoms with Crippen molar-refractivity contribution >= 4 is 21.7 Å². The number of anilines is 2. The summed E-state index contributed by atoms with van der Waals surface area (Å²) in [4.78, 5) is 2.25. The molecule has 0 saturated carbocycles. The molecule has 0 aliphatic heterocycles. The topological polar surface area (TPSA) is 72.5 Å². The van der Waals surface area contributed by atoms with Gasteiger partial charge in [-0.1, -0.05) is 13.8 Å². The summed E-state index contributed by atoms with van der Waals surface area (Å²) in [6, 6.07) is 5.38. The van der Waals surface area contributed by atoms with E-state index in [4.69, 9.17) is 0 Å². The maximum absolute atomic E-state index is 10.7. The Morgan fingerprint density at radius 3 is 2.15 bits per heavy atom. The van der Waals surface area contributed by atoms with E-state index in [1.54, 1.807) is 13.0 Å². The van der Waals surface area contributed by atoms with E-state index in [1.807, 2.05) is 16.9 Å². The zero-order chi connectivity index (χ0) is 14.5. The molecule has 1 aromatic rings. The Labute approximate surface area is 143 Å². The van der Waals surface area contributed by atoms with Gasteiger partial charge in [0.05, 0.1) is 5.69 Å². The van der Waals surface area contributed by atoms with Crippen LogP contribution in [0, 0.1) is 6.92 Å². The number of nitrogens with zero attached hydrogens (tertiary/aromatic N) is 1. The van der Waals surface area contributed by atoms with Crippen LogP contribution < -0.4 is 39.2 Å². The third-order valence-corrected chi connectivity index (χ3v) is 3.27. The minimum absolute atomic E-state index is 0. The Kier molecular flexibility index (Phi) is 8.77. The van der Waals surface area contributed by atoms with Crippen LogP contribution in [0.5, 0.6) is 0 Å². The van der Waals surface area contributed by atoms with Gasteiger partial charge >= 0.3 is 29.6 Å². The van der Waals surface area contributed by atoms with Gasteiger partial charge in [0.1, 0.15) is 0 Å². The van der Waals surface area contributed by atoms with E-state index in [-0.39, 0.29) is 29.6 Å². The van der Waals surface area contributed by atoms with Crippen LogP contribution in [0.2, 0.25) is 0 Å². The van der Waals surface area contributed by atoms with Crippen LogP contribution in [0.4, 0.5) is 11.4 Å². The van der Waals surface area contributed by atoms with Crippen LogP contribution >= 0.6 is 0 Å². The van der Waals surface area contributed by atoms with Crippen molar-refractivity contribution in [3.63, 3.8) is 0 Å². The molecule has 1 N–H and O–H groups in total. The SMILES string of the molecule is CCCN(CCC)c1ccc(NS(=O)(=O)[O-])c(C)c1.[Na+]. The van der Waals surface area contributed by atoms with Crippen LogP contribution in [-0.2, 0) is 10.3 Å². The zero-order valence-electron chi connectivity index (χ0n) is 12.6. The Morgan fingerprint density at radius 1 is 1.20 bits per heavy atom. The van der Waals surface area contributed by atoms with Gasteiger partial charge in [-0.15, -0.1) is 0 Å². The normalized spacial score (nSPS) is 10.8. The second-order valence-corrected chi connectivity index (χ2v) is 5.65. The van der Waals surface area contributed by atoms with Gasteiger partial charge in [-0.2, -0.15) is 0 Å². The number of aryl methyl sites for hydroxylation is 1. The van der Waals surface area contributed by atoms with Gasteiger partial charge in [-0.05, 0) is 43.5 Å². The van der Waals surface area contributed by atoms with E-state index in [0.29, 0.717) is 5.69 Å². The summed E-state index contributed by atoms with van der Waals surface area (Å²) < 4.78 is 34.1. The molecule has 0 saturated heterocycles. The second kappa shape index (κ2) is 8.89. The molecule has 7 heteroatoms. The van der Waals surface area contributed by atoms with Gasteiger partial charge in [-0.25, -0.2) is 8.42 Å². The standard InChI is InChI=1S/C13H22N2O3S.Na/c1-4-8-15(9-5-2)12-6-7-13(11(3)10-12)14-19(16,17)18;/h6-7,10,14H,4-5,8-9H2,1-3H3,(H,16,17,18);/q;+1/p-1. The number of hydrogen-bond acceptors (Lipinski definition) is 4. The molecule has 1 aromatic carbocycles. The molecule has 0 fully saturated rings. The number of rotatable bonds is 7. The molecule has 0 aromatic heterocycles. The minimum Gasteiger partial charge on any atom is -0.731 e. The van der Waals surface area contributed by atoms with Gasteiger partial charge < -0.3 is 9.45 Å². The van der Waals surface area contributed by atoms with Crippen LogP contribution in [0.25, 0.3) is 0 Å². The molecule has 108 valence electrons. The molecular formula is C13H21N2NaO3S. The molecule has 0 unspecified atom stereocenters. The quantitative estimate of drug-likeness (QED) is 0.544. The smallest absolute Gasteiger partial charge is 0.731 e. The molecule has 0 heterocycles. The second-order valence-electron chi connectivity index (χ2n) is 4.54. The van der Waals surface area contributed by atoms with E-state index in [9.17, 15) is 13.0 Å². The van der Waals surface area contributed by atoms with E-state index in [2.05, 4.69) is 18.7 Å². The summed E-state index contributed by atoms with van der Waals surface area (Å²) in [6.45, 7) is 7.94. The summed E-state index contributed by atoms with van der Waals surface area (Å²) in [5, 5.41) is 0. The van der Waals surface area contributed by atoms with Crippen molar-refractivity contribution in [2.45, 2.75) is 33.6 Å². The molecule has 0 radical (unpaired) electrons. The Bertz CT molecular complexity index is 514. The third-order valence-electron chi connectivity index (χ3n) is 2.80. The van der Waals surface area contributed by atoms with Crippen molar-refractivity contribution in [1.29, 1.82) is 0 Å². The summed E-state index contributed by atoms with van der Waals surface area (Å²) in [7, 11) is -4.47. The van der Waals surface area contributed by atoms with Crippen molar-refractivity contribution in [3.8, 4) is 0 Å². The number of hydrogen-bond donors (Lipinski definition) is 1. The fourth-order valence-corrected chi connectivity index (χ4v) is 2.50. The molecular weight excluding hydrogens is 287 g/mol. The molecule has 5 nitrogen and oxygen atoms in total. The summed E-state index contributed by atoms with van der Waals surface area (Å²) in [5.41, 5.74) is 2.14. The zero-order valence-corrected chi connectivity index (χ0v) is 15.5. The molecule has 1 rings (SSSR count). The van der Waals surface area contributed by atoms with Crippen LogP contribution in [0.15, 0.2) is 18.2 Å². The largest absolute Gasteiger partial charge is 1.00 e. The fraction of sp³-hybridized carbons (Fsp3) is 0.538. The summed E-state index contributed by atoms with van der Waals surface area (Å²) in [5.74, 6) is 0. The van der Waals surface area contributed by atoms with E-state index < -0.39 is 10.3 Å². The van der Waals surface area contributed by atoms with Crippen molar-refractivity contribution in [1.82, 2.24) is 0 Å². The van der Waals surface area contributed by atoms with Gasteiger partial charge in [0.25, 0.3) is 0 Å². The third kappa shape index (κ3) is 6.45. The average molecular weight is 308 g/mol. The van der Waals surface area contributed by atoms with E-state index in [0.717, 1.165) is 37.2 Å². The Hall–Kier alpha value is -0.270. The van der Waals surface area contributed by atoms with E-state index >= 15 is 0 Å². The van der Waals surface area contributed by atoms with Crippen molar-refractivity contribution < 1.29 is 42.5 Å². The van der Waals surface area contributed by atoms with Crippen molar-refractivity contribution in [2.75, 3.05) is 22.7 Å². The molecule has 0 atom stereocenters.